The summed E-state index contributed by atoms with van der Waals surface area (Å²) in [6, 6.07) is 1.99. The summed E-state index contributed by atoms with van der Waals surface area (Å²) >= 11 is 0. The summed E-state index contributed by atoms with van der Waals surface area (Å²) in [4.78, 5) is 23.2. The standard InChI is InChI=1S/C14H19NO6/c1-5-9(14(17)18)15-13(16)8-6-11(20-3)12(21-4)7-10(8)19-2/h6-7,9H,5H2,1-4H3,(H,15,16)(H,17,18)/t9-/m1/s1. The molecule has 7 nitrogen and oxygen atoms in total. The molecule has 7 heteroatoms. The van der Waals surface area contributed by atoms with E-state index in [4.69, 9.17) is 19.3 Å². The number of hydrogen-bond acceptors (Lipinski definition) is 5. The van der Waals surface area contributed by atoms with E-state index in [0.29, 0.717) is 11.5 Å². The molecule has 0 fully saturated rings. The van der Waals surface area contributed by atoms with Crippen molar-refractivity contribution < 1.29 is 28.9 Å². The molecule has 21 heavy (non-hydrogen) atoms. The van der Waals surface area contributed by atoms with Gasteiger partial charge in [0.05, 0.1) is 26.9 Å². The van der Waals surface area contributed by atoms with E-state index in [0.717, 1.165) is 0 Å². The molecule has 0 aliphatic rings. The molecule has 0 aromatic heterocycles. The predicted molar refractivity (Wildman–Crippen MR) is 75.3 cm³/mol. The predicted octanol–water partition coefficient (Wildman–Crippen LogP) is 1.31. The Bertz CT molecular complexity index is 528. The van der Waals surface area contributed by atoms with Crippen molar-refractivity contribution in [1.82, 2.24) is 5.32 Å². The Morgan fingerprint density at radius 1 is 1.10 bits per heavy atom. The van der Waals surface area contributed by atoms with Crippen molar-refractivity contribution in [3.8, 4) is 17.2 Å². The van der Waals surface area contributed by atoms with E-state index in [1.807, 2.05) is 0 Å². The van der Waals surface area contributed by atoms with Crippen LogP contribution < -0.4 is 19.5 Å². The first-order valence-electron chi connectivity index (χ1n) is 6.32. The van der Waals surface area contributed by atoms with Gasteiger partial charge >= 0.3 is 5.97 Å². The van der Waals surface area contributed by atoms with Crippen LogP contribution in [0, 0.1) is 0 Å². The van der Waals surface area contributed by atoms with Gasteiger partial charge in [-0.3, -0.25) is 4.79 Å². The Balaban J connectivity index is 3.16. The lowest BCUT2D eigenvalue weighted by Crippen LogP contribution is -2.40. The van der Waals surface area contributed by atoms with Crippen LogP contribution in [0.5, 0.6) is 17.2 Å². The maximum Gasteiger partial charge on any atom is 0.326 e. The van der Waals surface area contributed by atoms with Gasteiger partial charge in [-0.15, -0.1) is 0 Å². The Morgan fingerprint density at radius 3 is 2.05 bits per heavy atom. The topological polar surface area (TPSA) is 94.1 Å². The smallest absolute Gasteiger partial charge is 0.326 e. The second-order valence-corrected chi connectivity index (χ2v) is 4.18. The Morgan fingerprint density at radius 2 is 1.62 bits per heavy atom. The lowest BCUT2D eigenvalue weighted by atomic mass is 10.1. The van der Waals surface area contributed by atoms with Crippen molar-refractivity contribution in [2.24, 2.45) is 0 Å². The van der Waals surface area contributed by atoms with Crippen molar-refractivity contribution >= 4 is 11.9 Å². The maximum absolute atomic E-state index is 12.2. The molecule has 1 aromatic carbocycles. The van der Waals surface area contributed by atoms with E-state index in [9.17, 15) is 9.59 Å². The number of hydrogen-bond donors (Lipinski definition) is 2. The summed E-state index contributed by atoms with van der Waals surface area (Å²) < 4.78 is 15.4. The van der Waals surface area contributed by atoms with Gasteiger partial charge in [-0.1, -0.05) is 6.92 Å². The van der Waals surface area contributed by atoms with Crippen LogP contribution in [0.4, 0.5) is 0 Å². The molecule has 0 bridgehead atoms. The molecule has 0 aliphatic carbocycles. The fraction of sp³-hybridized carbons (Fsp3) is 0.429. The Kier molecular flexibility index (Phi) is 5.83. The lowest BCUT2D eigenvalue weighted by molar-refractivity contribution is -0.139. The molecule has 0 saturated heterocycles. The summed E-state index contributed by atoms with van der Waals surface area (Å²) in [5, 5.41) is 11.4. The zero-order chi connectivity index (χ0) is 16.0. The molecular formula is C14H19NO6. The minimum absolute atomic E-state index is 0.176. The number of nitrogens with one attached hydrogen (secondary N) is 1. The number of carboxylic acids is 1. The van der Waals surface area contributed by atoms with Crippen LogP contribution in [0.25, 0.3) is 0 Å². The highest BCUT2D eigenvalue weighted by Crippen LogP contribution is 2.34. The van der Waals surface area contributed by atoms with Crippen LogP contribution >= 0.6 is 0 Å². The molecule has 1 rings (SSSR count). The van der Waals surface area contributed by atoms with Crippen LogP contribution in [0.1, 0.15) is 23.7 Å². The van der Waals surface area contributed by atoms with Crippen LogP contribution in [0.2, 0.25) is 0 Å². The molecule has 0 spiro atoms. The third kappa shape index (κ3) is 3.77. The first-order chi connectivity index (χ1) is 9.98. The van der Waals surface area contributed by atoms with Crippen molar-refractivity contribution in [3.05, 3.63) is 17.7 Å². The first-order valence-corrected chi connectivity index (χ1v) is 6.32. The van der Waals surface area contributed by atoms with E-state index in [2.05, 4.69) is 5.32 Å². The van der Waals surface area contributed by atoms with Crippen LogP contribution in [0.3, 0.4) is 0 Å². The number of methoxy groups -OCH3 is 3. The number of carbonyl (C=O) groups excluding carboxylic acids is 1. The fourth-order valence-corrected chi connectivity index (χ4v) is 1.78. The molecule has 1 aromatic rings. The van der Waals surface area contributed by atoms with Gasteiger partial charge in [-0.2, -0.15) is 0 Å². The first kappa shape index (κ1) is 16.6. The third-order valence-electron chi connectivity index (χ3n) is 2.96. The largest absolute Gasteiger partial charge is 0.496 e. The number of rotatable bonds is 7. The third-order valence-corrected chi connectivity index (χ3v) is 2.96. The van der Waals surface area contributed by atoms with Gasteiger partial charge in [0, 0.05) is 12.1 Å². The van der Waals surface area contributed by atoms with E-state index < -0.39 is 17.9 Å². The number of carboxylic acid groups (broad SMARTS) is 1. The molecule has 116 valence electrons. The average Bonchev–Trinajstić information content (AvgIpc) is 2.50. The second kappa shape index (κ2) is 7.37. The number of amides is 1. The second-order valence-electron chi connectivity index (χ2n) is 4.18. The normalized spacial score (nSPS) is 11.4. The Hall–Kier alpha value is -2.44. The van der Waals surface area contributed by atoms with E-state index in [1.54, 1.807) is 6.92 Å². The number of ether oxygens (including phenoxy) is 3. The van der Waals surface area contributed by atoms with Gasteiger partial charge in [0.1, 0.15) is 11.8 Å². The summed E-state index contributed by atoms with van der Waals surface area (Å²) in [6.07, 6.45) is 0.274. The minimum atomic E-state index is -1.09. The van der Waals surface area contributed by atoms with E-state index in [-0.39, 0.29) is 17.7 Å². The SMILES string of the molecule is CC[C@@H](NC(=O)c1cc(OC)c(OC)cc1OC)C(=O)O. The number of aliphatic carboxylic acids is 1. The monoisotopic (exact) mass is 297 g/mol. The quantitative estimate of drug-likeness (QED) is 0.788. The van der Waals surface area contributed by atoms with Gasteiger partial charge in [0.25, 0.3) is 5.91 Å². The van der Waals surface area contributed by atoms with Crippen molar-refractivity contribution in [2.75, 3.05) is 21.3 Å². The van der Waals surface area contributed by atoms with Gasteiger partial charge in [0.15, 0.2) is 11.5 Å². The fourth-order valence-electron chi connectivity index (χ4n) is 1.78. The molecule has 2 N–H and O–H groups in total. The molecule has 0 saturated carbocycles. The highest BCUT2D eigenvalue weighted by atomic mass is 16.5. The van der Waals surface area contributed by atoms with Gasteiger partial charge in [-0.25, -0.2) is 4.79 Å². The lowest BCUT2D eigenvalue weighted by Gasteiger charge is -2.16. The zero-order valence-electron chi connectivity index (χ0n) is 12.4. The summed E-state index contributed by atoms with van der Waals surface area (Å²) in [6.45, 7) is 1.67. The molecule has 0 aliphatic heterocycles. The van der Waals surface area contributed by atoms with Crippen LogP contribution in [0.15, 0.2) is 12.1 Å². The molecule has 0 radical (unpaired) electrons. The average molecular weight is 297 g/mol. The molecule has 0 heterocycles. The molecule has 1 amide bonds. The van der Waals surface area contributed by atoms with Crippen LogP contribution in [-0.2, 0) is 4.79 Å². The van der Waals surface area contributed by atoms with Crippen LogP contribution in [-0.4, -0.2) is 44.4 Å². The molecular weight excluding hydrogens is 278 g/mol. The van der Waals surface area contributed by atoms with Crippen molar-refractivity contribution in [3.63, 3.8) is 0 Å². The van der Waals surface area contributed by atoms with E-state index >= 15 is 0 Å². The van der Waals surface area contributed by atoms with Crippen molar-refractivity contribution in [1.29, 1.82) is 0 Å². The Labute approximate surface area is 122 Å². The summed E-state index contributed by atoms with van der Waals surface area (Å²) in [5.41, 5.74) is 0.176. The van der Waals surface area contributed by atoms with Crippen molar-refractivity contribution in [2.45, 2.75) is 19.4 Å². The maximum atomic E-state index is 12.2. The summed E-state index contributed by atoms with van der Waals surface area (Å²) in [5.74, 6) is -0.610. The number of carbonyl (C=O) groups is 2. The molecule has 1 atom stereocenters. The zero-order valence-corrected chi connectivity index (χ0v) is 12.4. The van der Waals surface area contributed by atoms with Gasteiger partial charge < -0.3 is 24.6 Å². The highest BCUT2D eigenvalue weighted by molar-refractivity contribution is 5.99. The van der Waals surface area contributed by atoms with Gasteiger partial charge in [0.2, 0.25) is 0 Å². The highest BCUT2D eigenvalue weighted by Gasteiger charge is 2.22. The van der Waals surface area contributed by atoms with E-state index in [1.165, 1.54) is 33.5 Å². The number of benzene rings is 1. The summed E-state index contributed by atoms with van der Waals surface area (Å²) in [7, 11) is 4.32. The molecule has 0 unspecified atom stereocenters. The van der Waals surface area contributed by atoms with Gasteiger partial charge in [-0.05, 0) is 6.42 Å². The minimum Gasteiger partial charge on any atom is -0.496 e.